The molecule has 136 valence electrons. The van der Waals surface area contributed by atoms with Crippen LogP contribution in [-0.4, -0.2) is 18.4 Å². The first-order valence-electron chi connectivity index (χ1n) is 8.45. The van der Waals surface area contributed by atoms with E-state index in [2.05, 4.69) is 5.32 Å². The molecule has 0 aliphatic rings. The molecule has 3 rings (SSSR count). The van der Waals surface area contributed by atoms with Crippen molar-refractivity contribution < 1.29 is 18.7 Å². The first-order valence-corrected chi connectivity index (χ1v) is 8.45. The van der Waals surface area contributed by atoms with Gasteiger partial charge in [0.1, 0.15) is 19.0 Å². The van der Waals surface area contributed by atoms with E-state index in [9.17, 15) is 14.0 Å². The highest BCUT2D eigenvalue weighted by Crippen LogP contribution is 2.19. The number of halogens is 1. The van der Waals surface area contributed by atoms with Crippen molar-refractivity contribution >= 4 is 11.9 Å². The largest absolute Gasteiger partial charge is 0.460 e. The Morgan fingerprint density at radius 2 is 1.44 bits per heavy atom. The second-order valence-electron chi connectivity index (χ2n) is 5.91. The summed E-state index contributed by atoms with van der Waals surface area (Å²) in [4.78, 5) is 23.7. The van der Waals surface area contributed by atoms with E-state index < -0.39 is 17.7 Å². The Balaban J connectivity index is 1.46. The number of carbonyl (C=O) groups excluding carboxylic acids is 2. The minimum Gasteiger partial charge on any atom is -0.460 e. The number of carbonyl (C=O) groups is 2. The van der Waals surface area contributed by atoms with E-state index in [-0.39, 0.29) is 18.7 Å². The van der Waals surface area contributed by atoms with E-state index in [1.165, 1.54) is 24.3 Å². The number of benzene rings is 3. The fourth-order valence-electron chi connectivity index (χ4n) is 2.49. The van der Waals surface area contributed by atoms with Crippen LogP contribution in [0.4, 0.5) is 4.39 Å². The van der Waals surface area contributed by atoms with Crippen LogP contribution in [0.15, 0.2) is 78.9 Å². The molecule has 0 atom stereocenters. The minimum absolute atomic E-state index is 0.125. The quantitative estimate of drug-likeness (QED) is 0.675. The predicted molar refractivity (Wildman–Crippen MR) is 100 cm³/mol. The second-order valence-corrected chi connectivity index (χ2v) is 5.91. The van der Waals surface area contributed by atoms with Gasteiger partial charge in [0, 0.05) is 5.56 Å². The van der Waals surface area contributed by atoms with Gasteiger partial charge in [0.15, 0.2) is 0 Å². The summed E-state index contributed by atoms with van der Waals surface area (Å²) in [6.07, 6.45) is 0. The highest BCUT2D eigenvalue weighted by molar-refractivity contribution is 5.95. The summed E-state index contributed by atoms with van der Waals surface area (Å²) in [6, 6.07) is 22.8. The van der Waals surface area contributed by atoms with Gasteiger partial charge in [-0.15, -0.1) is 0 Å². The fraction of sp³-hybridized carbons (Fsp3) is 0.0909. The first-order chi connectivity index (χ1) is 13.1. The highest BCUT2D eigenvalue weighted by Gasteiger charge is 2.09. The normalized spacial score (nSPS) is 10.3. The highest BCUT2D eigenvalue weighted by atomic mass is 19.1. The molecule has 0 saturated heterocycles. The van der Waals surface area contributed by atoms with Gasteiger partial charge in [-0.1, -0.05) is 54.6 Å². The predicted octanol–water partition coefficient (Wildman–Crippen LogP) is 3.97. The molecule has 1 amide bonds. The molecular formula is C22H18FNO3. The Kier molecular flexibility index (Phi) is 5.94. The number of hydrogen-bond acceptors (Lipinski definition) is 3. The van der Waals surface area contributed by atoms with Crippen LogP contribution < -0.4 is 5.32 Å². The molecule has 0 heterocycles. The van der Waals surface area contributed by atoms with Crippen molar-refractivity contribution in [3.05, 3.63) is 95.8 Å². The van der Waals surface area contributed by atoms with Gasteiger partial charge in [-0.2, -0.15) is 0 Å². The molecule has 3 aromatic carbocycles. The number of amides is 1. The Morgan fingerprint density at radius 1 is 0.815 bits per heavy atom. The van der Waals surface area contributed by atoms with Crippen LogP contribution >= 0.6 is 0 Å². The molecule has 0 aliphatic heterocycles. The molecule has 1 N–H and O–H groups in total. The van der Waals surface area contributed by atoms with Crippen molar-refractivity contribution in [2.45, 2.75) is 6.61 Å². The summed E-state index contributed by atoms with van der Waals surface area (Å²) in [5.41, 5.74) is 3.33. The lowest BCUT2D eigenvalue weighted by molar-refractivity contribution is -0.143. The van der Waals surface area contributed by atoms with Crippen LogP contribution in [0.2, 0.25) is 0 Å². The van der Waals surface area contributed by atoms with E-state index in [0.29, 0.717) is 0 Å². The molecule has 0 aromatic heterocycles. The number of esters is 1. The van der Waals surface area contributed by atoms with Gasteiger partial charge in [0.05, 0.1) is 0 Å². The molecule has 0 radical (unpaired) electrons. The number of nitrogens with one attached hydrogen (secondary N) is 1. The van der Waals surface area contributed by atoms with E-state index in [0.717, 1.165) is 16.7 Å². The number of rotatable bonds is 6. The lowest BCUT2D eigenvalue weighted by atomic mass is 10.0. The summed E-state index contributed by atoms with van der Waals surface area (Å²) in [5, 5.41) is 2.45. The van der Waals surface area contributed by atoms with Crippen molar-refractivity contribution in [3.8, 4) is 11.1 Å². The Morgan fingerprint density at radius 3 is 2.11 bits per heavy atom. The molecule has 0 unspecified atom stereocenters. The summed E-state index contributed by atoms with van der Waals surface area (Å²) >= 11 is 0. The Hall–Kier alpha value is -3.47. The molecule has 3 aromatic rings. The Labute approximate surface area is 156 Å². The average molecular weight is 363 g/mol. The van der Waals surface area contributed by atoms with Crippen molar-refractivity contribution in [2.75, 3.05) is 6.54 Å². The van der Waals surface area contributed by atoms with Gasteiger partial charge in [0.2, 0.25) is 0 Å². The van der Waals surface area contributed by atoms with Gasteiger partial charge in [-0.3, -0.25) is 9.59 Å². The van der Waals surface area contributed by atoms with Crippen molar-refractivity contribution in [1.82, 2.24) is 5.32 Å². The van der Waals surface area contributed by atoms with Crippen LogP contribution in [0.1, 0.15) is 15.9 Å². The average Bonchev–Trinajstić information content (AvgIpc) is 2.72. The van der Waals surface area contributed by atoms with Crippen LogP contribution in [0, 0.1) is 5.82 Å². The van der Waals surface area contributed by atoms with Crippen molar-refractivity contribution in [1.29, 1.82) is 0 Å². The molecule has 4 nitrogen and oxygen atoms in total. The zero-order valence-corrected chi connectivity index (χ0v) is 14.5. The third-order valence-electron chi connectivity index (χ3n) is 3.96. The summed E-state index contributed by atoms with van der Waals surface area (Å²) in [6.45, 7) is -0.126. The zero-order valence-electron chi connectivity index (χ0n) is 14.5. The van der Waals surface area contributed by atoms with Crippen LogP contribution in [0.5, 0.6) is 0 Å². The second kappa shape index (κ2) is 8.76. The maximum absolute atomic E-state index is 12.8. The molecule has 0 bridgehead atoms. The van der Waals surface area contributed by atoms with Crippen LogP contribution in [0.3, 0.4) is 0 Å². The fourth-order valence-corrected chi connectivity index (χ4v) is 2.49. The molecule has 0 spiro atoms. The lowest BCUT2D eigenvalue weighted by Gasteiger charge is -2.08. The van der Waals surface area contributed by atoms with Gasteiger partial charge in [-0.25, -0.2) is 4.39 Å². The molecule has 0 aliphatic carbocycles. The molecule has 0 fully saturated rings. The molecule has 0 saturated carbocycles. The van der Waals surface area contributed by atoms with E-state index >= 15 is 0 Å². The van der Waals surface area contributed by atoms with Crippen LogP contribution in [-0.2, 0) is 16.1 Å². The minimum atomic E-state index is -0.544. The van der Waals surface area contributed by atoms with Gasteiger partial charge >= 0.3 is 5.97 Å². The molecular weight excluding hydrogens is 345 g/mol. The number of hydrogen-bond donors (Lipinski definition) is 1. The van der Waals surface area contributed by atoms with E-state index in [1.54, 1.807) is 0 Å². The van der Waals surface area contributed by atoms with E-state index in [1.807, 2.05) is 54.6 Å². The number of ether oxygens (including phenoxy) is 1. The van der Waals surface area contributed by atoms with Crippen molar-refractivity contribution in [2.24, 2.45) is 0 Å². The van der Waals surface area contributed by atoms with Crippen LogP contribution in [0.25, 0.3) is 11.1 Å². The Bertz CT molecular complexity index is 907. The third kappa shape index (κ3) is 5.25. The molecule has 5 heteroatoms. The summed E-state index contributed by atoms with van der Waals surface area (Å²) in [5.74, 6) is -1.43. The zero-order chi connectivity index (χ0) is 19.1. The SMILES string of the molecule is O=C(CNC(=O)c1ccc(F)cc1)OCc1ccc(-c2ccccc2)cc1. The lowest BCUT2D eigenvalue weighted by Crippen LogP contribution is -2.30. The van der Waals surface area contributed by atoms with Gasteiger partial charge in [0.25, 0.3) is 5.91 Å². The first kappa shape index (κ1) is 18.3. The monoisotopic (exact) mass is 363 g/mol. The summed E-state index contributed by atoms with van der Waals surface area (Å²) in [7, 11) is 0. The molecule has 27 heavy (non-hydrogen) atoms. The van der Waals surface area contributed by atoms with Crippen molar-refractivity contribution in [3.63, 3.8) is 0 Å². The smallest absolute Gasteiger partial charge is 0.325 e. The maximum atomic E-state index is 12.8. The van der Waals surface area contributed by atoms with Gasteiger partial charge < -0.3 is 10.1 Å². The van der Waals surface area contributed by atoms with Gasteiger partial charge in [-0.05, 0) is 41.0 Å². The van der Waals surface area contributed by atoms with E-state index in [4.69, 9.17) is 4.74 Å². The standard InChI is InChI=1S/C22H18FNO3/c23-20-12-10-19(11-13-20)22(26)24-14-21(25)27-15-16-6-8-18(9-7-16)17-4-2-1-3-5-17/h1-13H,14-15H2,(H,24,26). The topological polar surface area (TPSA) is 55.4 Å². The maximum Gasteiger partial charge on any atom is 0.325 e. The summed E-state index contributed by atoms with van der Waals surface area (Å²) < 4.78 is 18.0. The third-order valence-corrected chi connectivity index (χ3v) is 3.96.